The number of aliphatic imine (C=N–C) groups is 1. The summed E-state index contributed by atoms with van der Waals surface area (Å²) in [6.45, 7) is 0.429. The molecule has 4 rings (SSSR count). The Morgan fingerprint density at radius 2 is 1.75 bits per heavy atom. The van der Waals surface area contributed by atoms with Gasteiger partial charge in [0.05, 0.1) is 0 Å². The van der Waals surface area contributed by atoms with Gasteiger partial charge in [0.2, 0.25) is 5.90 Å². The molecule has 0 atom stereocenters. The van der Waals surface area contributed by atoms with Crippen molar-refractivity contribution in [2.24, 2.45) is 4.99 Å². The second kappa shape index (κ2) is 8.11. The number of carbonyl (C=O) groups is 1. The minimum Gasteiger partial charge on any atom is -0.489 e. The molecule has 0 aliphatic carbocycles. The smallest absolute Gasteiger partial charge is 0.363 e. The monoisotopic (exact) mass is 389 g/mol. The Labute approximate surface area is 167 Å². The minimum absolute atomic E-state index is 0.270. The number of esters is 1. The molecule has 138 valence electrons. The fourth-order valence-electron chi connectivity index (χ4n) is 2.72. The van der Waals surface area contributed by atoms with Crippen LogP contribution in [0.25, 0.3) is 6.08 Å². The van der Waals surface area contributed by atoms with Gasteiger partial charge >= 0.3 is 5.97 Å². The normalized spacial score (nSPS) is 14.7. The molecule has 0 fully saturated rings. The van der Waals surface area contributed by atoms with Crippen LogP contribution in [0.1, 0.15) is 16.7 Å². The fourth-order valence-corrected chi connectivity index (χ4v) is 2.94. The van der Waals surface area contributed by atoms with Crippen molar-refractivity contribution in [1.82, 2.24) is 0 Å². The van der Waals surface area contributed by atoms with Gasteiger partial charge in [-0.25, -0.2) is 9.79 Å². The van der Waals surface area contributed by atoms with Gasteiger partial charge in [-0.15, -0.1) is 0 Å². The lowest BCUT2D eigenvalue weighted by Crippen LogP contribution is -2.04. The summed E-state index contributed by atoms with van der Waals surface area (Å²) < 4.78 is 11.0. The summed E-state index contributed by atoms with van der Waals surface area (Å²) >= 11 is 5.98. The molecule has 0 amide bonds. The first-order valence-corrected chi connectivity index (χ1v) is 9.10. The van der Waals surface area contributed by atoms with Crippen molar-refractivity contribution in [3.05, 3.63) is 106 Å². The van der Waals surface area contributed by atoms with E-state index in [2.05, 4.69) is 4.99 Å². The third-order valence-corrected chi connectivity index (χ3v) is 4.35. The molecule has 4 nitrogen and oxygen atoms in total. The Bertz CT molecular complexity index is 1060. The second-order valence-corrected chi connectivity index (χ2v) is 6.63. The van der Waals surface area contributed by atoms with Gasteiger partial charge in [-0.05, 0) is 53.6 Å². The quantitative estimate of drug-likeness (QED) is 0.441. The Hall–Kier alpha value is -3.37. The summed E-state index contributed by atoms with van der Waals surface area (Å²) in [6.07, 6.45) is 1.69. The second-order valence-electron chi connectivity index (χ2n) is 6.19. The molecule has 0 saturated heterocycles. The maximum atomic E-state index is 12.1. The number of carbonyl (C=O) groups excluding carboxylic acids is 1. The van der Waals surface area contributed by atoms with Gasteiger partial charge < -0.3 is 9.47 Å². The van der Waals surface area contributed by atoms with Crippen LogP contribution in [0, 0.1) is 0 Å². The maximum absolute atomic E-state index is 12.1. The number of halogens is 1. The molecule has 1 aliphatic rings. The number of hydrogen-bond acceptors (Lipinski definition) is 4. The molecule has 3 aromatic rings. The van der Waals surface area contributed by atoms with Crippen LogP contribution in [0.4, 0.5) is 0 Å². The van der Waals surface area contributed by atoms with Crippen molar-refractivity contribution in [2.45, 2.75) is 6.61 Å². The molecule has 0 N–H and O–H groups in total. The van der Waals surface area contributed by atoms with Crippen LogP contribution in [0.3, 0.4) is 0 Å². The first kappa shape index (κ1) is 18.0. The number of rotatable bonds is 5. The summed E-state index contributed by atoms with van der Waals surface area (Å²) in [5.74, 6) is 0.586. The van der Waals surface area contributed by atoms with Crippen molar-refractivity contribution in [3.8, 4) is 5.75 Å². The highest BCUT2D eigenvalue weighted by molar-refractivity contribution is 6.30. The van der Waals surface area contributed by atoms with Crippen molar-refractivity contribution < 1.29 is 14.3 Å². The topological polar surface area (TPSA) is 47.9 Å². The zero-order valence-electron chi connectivity index (χ0n) is 14.8. The Balaban J connectivity index is 1.45. The Morgan fingerprint density at radius 1 is 0.964 bits per heavy atom. The molecule has 1 heterocycles. The van der Waals surface area contributed by atoms with Crippen molar-refractivity contribution in [2.75, 3.05) is 0 Å². The molecule has 0 aromatic heterocycles. The molecular formula is C23H16ClNO3. The summed E-state index contributed by atoms with van der Waals surface area (Å²) in [5, 5.41) is 0.682. The van der Waals surface area contributed by atoms with E-state index in [-0.39, 0.29) is 5.70 Å². The van der Waals surface area contributed by atoms with Gasteiger partial charge in [0.15, 0.2) is 5.70 Å². The van der Waals surface area contributed by atoms with E-state index >= 15 is 0 Å². The molecule has 1 aliphatic heterocycles. The minimum atomic E-state index is -0.458. The van der Waals surface area contributed by atoms with Gasteiger partial charge in [-0.2, -0.15) is 0 Å². The SMILES string of the molecule is O=C1OC(c2ccccc2)=N/C1=C\c1ccc(OCc2cccc(Cl)c2)cc1. The highest BCUT2D eigenvalue weighted by Crippen LogP contribution is 2.21. The average molecular weight is 390 g/mol. The van der Waals surface area contributed by atoms with Crippen LogP contribution >= 0.6 is 11.6 Å². The number of ether oxygens (including phenoxy) is 2. The first-order chi connectivity index (χ1) is 13.7. The van der Waals surface area contributed by atoms with Crippen LogP contribution in [-0.2, 0) is 16.1 Å². The molecule has 0 unspecified atom stereocenters. The largest absolute Gasteiger partial charge is 0.489 e. The fraction of sp³-hybridized carbons (Fsp3) is 0.0435. The van der Waals surface area contributed by atoms with Gasteiger partial charge in [0.1, 0.15) is 12.4 Å². The third-order valence-electron chi connectivity index (χ3n) is 4.12. The predicted octanol–water partition coefficient (Wildman–Crippen LogP) is 5.26. The van der Waals surface area contributed by atoms with Gasteiger partial charge in [0.25, 0.3) is 0 Å². The lowest BCUT2D eigenvalue weighted by molar-refractivity contribution is -0.129. The Morgan fingerprint density at radius 3 is 2.50 bits per heavy atom. The summed E-state index contributed by atoms with van der Waals surface area (Å²) in [4.78, 5) is 16.4. The summed E-state index contributed by atoms with van der Waals surface area (Å²) in [6, 6.07) is 24.3. The van der Waals surface area contributed by atoms with E-state index in [4.69, 9.17) is 21.1 Å². The molecule has 0 radical (unpaired) electrons. The molecule has 0 bridgehead atoms. The van der Waals surface area contributed by atoms with Crippen LogP contribution in [0.2, 0.25) is 5.02 Å². The van der Waals surface area contributed by atoms with Crippen LogP contribution in [0.15, 0.2) is 89.6 Å². The number of cyclic esters (lactones) is 1. The van der Waals surface area contributed by atoms with Crippen LogP contribution in [-0.4, -0.2) is 11.9 Å². The zero-order valence-corrected chi connectivity index (χ0v) is 15.6. The average Bonchev–Trinajstić information content (AvgIpc) is 3.09. The first-order valence-electron chi connectivity index (χ1n) is 8.73. The highest BCUT2D eigenvalue weighted by atomic mass is 35.5. The molecular weight excluding hydrogens is 374 g/mol. The summed E-state index contributed by atoms with van der Waals surface area (Å²) in [7, 11) is 0. The molecule has 28 heavy (non-hydrogen) atoms. The van der Waals surface area contributed by atoms with E-state index < -0.39 is 5.97 Å². The van der Waals surface area contributed by atoms with Crippen LogP contribution in [0.5, 0.6) is 5.75 Å². The molecule has 5 heteroatoms. The van der Waals surface area contributed by atoms with E-state index in [1.54, 1.807) is 6.08 Å². The van der Waals surface area contributed by atoms with E-state index in [0.29, 0.717) is 17.5 Å². The Kier molecular flexibility index (Phi) is 5.22. The number of nitrogens with zero attached hydrogens (tertiary/aromatic N) is 1. The predicted molar refractivity (Wildman–Crippen MR) is 109 cm³/mol. The number of benzene rings is 3. The third kappa shape index (κ3) is 4.30. The van der Waals surface area contributed by atoms with Crippen molar-refractivity contribution in [3.63, 3.8) is 0 Å². The van der Waals surface area contributed by atoms with Gasteiger partial charge in [0, 0.05) is 10.6 Å². The standard InChI is InChI=1S/C23H16ClNO3/c24-19-8-4-5-17(13-19)15-27-20-11-9-16(10-12-20)14-21-23(26)28-22(25-21)18-6-2-1-3-7-18/h1-14H,15H2/b21-14-. The van der Waals surface area contributed by atoms with Gasteiger partial charge in [-0.3, -0.25) is 0 Å². The van der Waals surface area contributed by atoms with Crippen molar-refractivity contribution in [1.29, 1.82) is 0 Å². The van der Waals surface area contributed by atoms with E-state index in [1.807, 2.05) is 78.9 Å². The number of hydrogen-bond donors (Lipinski definition) is 0. The molecule has 3 aromatic carbocycles. The van der Waals surface area contributed by atoms with E-state index in [9.17, 15) is 4.79 Å². The van der Waals surface area contributed by atoms with E-state index in [1.165, 1.54) is 0 Å². The van der Waals surface area contributed by atoms with Crippen molar-refractivity contribution >= 4 is 29.5 Å². The highest BCUT2D eigenvalue weighted by Gasteiger charge is 2.23. The van der Waals surface area contributed by atoms with Gasteiger partial charge in [-0.1, -0.05) is 54.1 Å². The lowest BCUT2D eigenvalue weighted by atomic mass is 10.2. The maximum Gasteiger partial charge on any atom is 0.363 e. The molecule has 0 spiro atoms. The zero-order chi connectivity index (χ0) is 19.3. The van der Waals surface area contributed by atoms with Crippen LogP contribution < -0.4 is 4.74 Å². The molecule has 0 saturated carbocycles. The summed E-state index contributed by atoms with van der Waals surface area (Å²) in [5.41, 5.74) is 2.87. The lowest BCUT2D eigenvalue weighted by Gasteiger charge is -2.07. The van der Waals surface area contributed by atoms with E-state index in [0.717, 1.165) is 22.4 Å².